The maximum atomic E-state index is 6.21. The van der Waals surface area contributed by atoms with Gasteiger partial charge in [0, 0.05) is 32.8 Å². The maximum Gasteiger partial charge on any atom is 0.135 e. The zero-order valence-electron chi connectivity index (χ0n) is 24.9. The summed E-state index contributed by atoms with van der Waals surface area (Å²) in [6.45, 7) is 0. The fourth-order valence-corrected chi connectivity index (χ4v) is 7.68. The lowest BCUT2D eigenvalue weighted by atomic mass is 9.85. The molecular weight excluding hydrogens is 558 g/mol. The number of hydrogen-bond acceptors (Lipinski definition) is 1. The smallest absolute Gasteiger partial charge is 0.135 e. The van der Waals surface area contributed by atoms with Crippen LogP contribution in [0.2, 0.25) is 0 Å². The van der Waals surface area contributed by atoms with Gasteiger partial charge in [0.2, 0.25) is 0 Å². The highest BCUT2D eigenvalue weighted by Gasteiger charge is 2.22. The third-order valence-electron chi connectivity index (χ3n) is 9.58. The van der Waals surface area contributed by atoms with Gasteiger partial charge >= 0.3 is 0 Å². The SMILES string of the molecule is c1ccc(-n2c3ccccc3c3cccc(-c4c5ccccc5c(-c5ccc6oc7ccccc7c6c5)c5ccccc45)c32)cc1. The predicted octanol–water partition coefficient (Wildman–Crippen LogP) is 12.3. The maximum absolute atomic E-state index is 6.21. The molecule has 0 aliphatic heterocycles. The lowest BCUT2D eigenvalue weighted by molar-refractivity contribution is 0.669. The van der Waals surface area contributed by atoms with Crippen LogP contribution in [0.1, 0.15) is 0 Å². The van der Waals surface area contributed by atoms with E-state index in [1.165, 1.54) is 65.6 Å². The molecule has 0 aliphatic carbocycles. The summed E-state index contributed by atoms with van der Waals surface area (Å²) in [4.78, 5) is 0. The van der Waals surface area contributed by atoms with E-state index in [-0.39, 0.29) is 0 Å². The topological polar surface area (TPSA) is 18.1 Å². The minimum atomic E-state index is 0.913. The van der Waals surface area contributed by atoms with Crippen LogP contribution in [0.5, 0.6) is 0 Å². The molecule has 46 heavy (non-hydrogen) atoms. The minimum absolute atomic E-state index is 0.913. The molecule has 0 unspecified atom stereocenters. The number of furan rings is 1. The summed E-state index contributed by atoms with van der Waals surface area (Å²) < 4.78 is 8.65. The van der Waals surface area contributed by atoms with E-state index in [9.17, 15) is 0 Å². The Morgan fingerprint density at radius 1 is 0.370 bits per heavy atom. The van der Waals surface area contributed by atoms with Crippen molar-refractivity contribution in [2.45, 2.75) is 0 Å². The van der Waals surface area contributed by atoms with Crippen molar-refractivity contribution < 1.29 is 4.42 Å². The monoisotopic (exact) mass is 585 g/mol. The van der Waals surface area contributed by atoms with Crippen LogP contribution in [0, 0.1) is 0 Å². The van der Waals surface area contributed by atoms with Gasteiger partial charge in [-0.05, 0) is 74.6 Å². The van der Waals surface area contributed by atoms with Crippen molar-refractivity contribution >= 4 is 65.3 Å². The molecular formula is C44H27NO. The van der Waals surface area contributed by atoms with Gasteiger partial charge < -0.3 is 8.98 Å². The Balaban J connectivity index is 1.35. The minimum Gasteiger partial charge on any atom is -0.456 e. The molecule has 10 rings (SSSR count). The van der Waals surface area contributed by atoms with Gasteiger partial charge in [0.05, 0.1) is 11.0 Å². The molecule has 8 aromatic carbocycles. The van der Waals surface area contributed by atoms with Crippen molar-refractivity contribution in [3.63, 3.8) is 0 Å². The van der Waals surface area contributed by atoms with Gasteiger partial charge in [0.25, 0.3) is 0 Å². The van der Waals surface area contributed by atoms with Gasteiger partial charge in [0.1, 0.15) is 11.2 Å². The van der Waals surface area contributed by atoms with Crippen molar-refractivity contribution in [3.8, 4) is 27.9 Å². The van der Waals surface area contributed by atoms with E-state index in [0.29, 0.717) is 0 Å². The number of hydrogen-bond donors (Lipinski definition) is 0. The molecule has 10 aromatic rings. The van der Waals surface area contributed by atoms with Gasteiger partial charge in [-0.2, -0.15) is 0 Å². The lowest BCUT2D eigenvalue weighted by Crippen LogP contribution is -1.96. The van der Waals surface area contributed by atoms with Crippen molar-refractivity contribution in [2.24, 2.45) is 0 Å². The highest BCUT2D eigenvalue weighted by Crippen LogP contribution is 2.47. The van der Waals surface area contributed by atoms with Crippen molar-refractivity contribution in [1.29, 1.82) is 0 Å². The number of fused-ring (bicyclic) bond motifs is 8. The molecule has 0 spiro atoms. The van der Waals surface area contributed by atoms with E-state index < -0.39 is 0 Å². The first-order chi connectivity index (χ1) is 22.8. The zero-order chi connectivity index (χ0) is 30.2. The van der Waals surface area contributed by atoms with Crippen LogP contribution in [0.15, 0.2) is 168 Å². The first kappa shape index (κ1) is 25.2. The largest absolute Gasteiger partial charge is 0.456 e. The van der Waals surface area contributed by atoms with Gasteiger partial charge in [-0.3, -0.25) is 0 Å². The van der Waals surface area contributed by atoms with E-state index in [1.54, 1.807) is 0 Å². The van der Waals surface area contributed by atoms with Crippen molar-refractivity contribution in [2.75, 3.05) is 0 Å². The lowest BCUT2D eigenvalue weighted by Gasteiger charge is -2.19. The molecule has 0 aliphatic rings. The fourth-order valence-electron chi connectivity index (χ4n) is 7.68. The first-order valence-corrected chi connectivity index (χ1v) is 15.8. The van der Waals surface area contributed by atoms with Crippen LogP contribution >= 0.6 is 0 Å². The Hall–Kier alpha value is -6.12. The Labute approximate surface area is 265 Å². The predicted molar refractivity (Wildman–Crippen MR) is 194 cm³/mol. The number of aromatic nitrogens is 1. The van der Waals surface area contributed by atoms with Gasteiger partial charge in [-0.25, -0.2) is 0 Å². The van der Waals surface area contributed by atoms with E-state index in [1.807, 2.05) is 12.1 Å². The number of benzene rings is 8. The summed E-state index contributed by atoms with van der Waals surface area (Å²) >= 11 is 0. The third-order valence-corrected chi connectivity index (χ3v) is 9.58. The third kappa shape index (κ3) is 3.53. The van der Waals surface area contributed by atoms with Crippen LogP contribution in [0.25, 0.3) is 93.2 Å². The van der Waals surface area contributed by atoms with Crippen LogP contribution in [-0.2, 0) is 0 Å². The average Bonchev–Trinajstić information content (AvgIpc) is 3.67. The molecule has 2 heteroatoms. The van der Waals surface area contributed by atoms with E-state index in [4.69, 9.17) is 4.42 Å². The summed E-state index contributed by atoms with van der Waals surface area (Å²) in [5.74, 6) is 0. The highest BCUT2D eigenvalue weighted by molar-refractivity contribution is 6.25. The zero-order valence-corrected chi connectivity index (χ0v) is 24.9. The molecule has 2 aromatic heterocycles. The van der Waals surface area contributed by atoms with Crippen molar-refractivity contribution in [3.05, 3.63) is 164 Å². The summed E-state index contributed by atoms with van der Waals surface area (Å²) in [5, 5.41) is 9.76. The quantitative estimate of drug-likeness (QED) is 0.189. The Morgan fingerprint density at radius 3 is 1.67 bits per heavy atom. The second kappa shape index (κ2) is 9.69. The highest BCUT2D eigenvalue weighted by atomic mass is 16.3. The first-order valence-electron chi connectivity index (χ1n) is 15.8. The molecule has 214 valence electrons. The van der Waals surface area contributed by atoms with Crippen LogP contribution < -0.4 is 0 Å². The summed E-state index contributed by atoms with van der Waals surface area (Å²) in [6.07, 6.45) is 0. The molecule has 0 bridgehead atoms. The van der Waals surface area contributed by atoms with E-state index in [2.05, 4.69) is 156 Å². The second-order valence-electron chi connectivity index (χ2n) is 12.0. The average molecular weight is 586 g/mol. The van der Waals surface area contributed by atoms with E-state index >= 15 is 0 Å². The van der Waals surface area contributed by atoms with E-state index in [0.717, 1.165) is 27.6 Å². The van der Waals surface area contributed by atoms with Gasteiger partial charge in [-0.1, -0.05) is 127 Å². The van der Waals surface area contributed by atoms with Gasteiger partial charge in [0.15, 0.2) is 0 Å². The molecule has 2 nitrogen and oxygen atoms in total. The Morgan fingerprint density at radius 2 is 0.935 bits per heavy atom. The summed E-state index contributed by atoms with van der Waals surface area (Å²) in [7, 11) is 0. The molecule has 0 fully saturated rings. The molecule has 2 heterocycles. The van der Waals surface area contributed by atoms with Crippen LogP contribution in [0.3, 0.4) is 0 Å². The molecule has 0 saturated carbocycles. The molecule has 0 N–H and O–H groups in total. The Kier molecular flexibility index (Phi) is 5.31. The molecule has 0 saturated heterocycles. The molecule has 0 amide bonds. The molecule has 0 atom stereocenters. The second-order valence-corrected chi connectivity index (χ2v) is 12.0. The Bertz CT molecular complexity index is 2740. The summed E-state index contributed by atoms with van der Waals surface area (Å²) in [5.41, 5.74) is 10.4. The van der Waals surface area contributed by atoms with Crippen LogP contribution in [-0.4, -0.2) is 4.57 Å². The van der Waals surface area contributed by atoms with Crippen LogP contribution in [0.4, 0.5) is 0 Å². The molecule has 0 radical (unpaired) electrons. The fraction of sp³-hybridized carbons (Fsp3) is 0. The standard InChI is InChI=1S/C44H27NO/c1-2-13-29(14-3-1)45-39-23-10-8-15-30(39)36-21-12-22-37(44(36)45)43-34-19-6-4-17-32(34)42(33-18-5-7-20-35(33)43)28-25-26-41-38(27-28)31-16-9-11-24-40(31)46-41/h1-27H. The normalized spacial score (nSPS) is 11.9. The number of para-hydroxylation sites is 4. The number of nitrogens with zero attached hydrogens (tertiary/aromatic N) is 1. The van der Waals surface area contributed by atoms with Crippen molar-refractivity contribution in [1.82, 2.24) is 4.57 Å². The van der Waals surface area contributed by atoms with Gasteiger partial charge in [-0.15, -0.1) is 0 Å². The summed E-state index contributed by atoms with van der Waals surface area (Å²) in [6, 6.07) is 59.1. The number of rotatable bonds is 3.